The Kier molecular flexibility index (Phi) is 15.5. The Labute approximate surface area is 307 Å². The molecule has 2 N–H and O–H groups in total. The van der Waals surface area contributed by atoms with Crippen LogP contribution in [0.2, 0.25) is 0 Å². The van der Waals surface area contributed by atoms with Gasteiger partial charge in [-0.05, 0) is 138 Å². The molecule has 0 aromatic heterocycles. The maximum Gasteiger partial charge on any atom is 0.324 e. The lowest BCUT2D eigenvalue weighted by atomic mass is 9.74. The van der Waals surface area contributed by atoms with E-state index in [1.807, 2.05) is 0 Å². The fourth-order valence-electron chi connectivity index (χ4n) is 9.46. The molecule has 51 heavy (non-hydrogen) atoms. The molecule has 5 aliphatic rings. The summed E-state index contributed by atoms with van der Waals surface area (Å²) in [5.41, 5.74) is 0.162. The van der Waals surface area contributed by atoms with Gasteiger partial charge in [-0.2, -0.15) is 0 Å². The van der Waals surface area contributed by atoms with Crippen molar-refractivity contribution < 1.29 is 38.1 Å². The largest absolute Gasteiger partial charge is 0.465 e. The quantitative estimate of drug-likeness (QED) is 0.115. The normalized spacial score (nSPS) is 29.7. The van der Waals surface area contributed by atoms with Crippen molar-refractivity contribution in [1.29, 1.82) is 0 Å². The van der Waals surface area contributed by atoms with Gasteiger partial charge in [0.25, 0.3) is 0 Å². The standard InChI is InChI=1S/C41H68N2O8/c1-28(2)24-42-35(22-38(45)50-33-10-6-4-7-11-33)39(46)49-26-30-16-14-29(15-17-30)25-48-37(44)21-36(40(47)51-34-12-8-5-9-13-34)43-27-41(3)23-31-18-19-32(41)20-31/h28-36,42-43H,4-27H2,1-3H3. The van der Waals surface area contributed by atoms with Crippen LogP contribution in [0.4, 0.5) is 0 Å². The van der Waals surface area contributed by atoms with Crippen LogP contribution in [0.15, 0.2) is 0 Å². The van der Waals surface area contributed by atoms with Gasteiger partial charge in [-0.3, -0.25) is 19.2 Å². The van der Waals surface area contributed by atoms with Crippen molar-refractivity contribution in [2.75, 3.05) is 26.3 Å². The van der Waals surface area contributed by atoms with Crippen LogP contribution < -0.4 is 10.6 Å². The molecule has 0 aromatic rings. The smallest absolute Gasteiger partial charge is 0.324 e. The summed E-state index contributed by atoms with van der Waals surface area (Å²) in [7, 11) is 0. The van der Waals surface area contributed by atoms with Crippen LogP contribution in [0.1, 0.15) is 149 Å². The van der Waals surface area contributed by atoms with Gasteiger partial charge in [-0.1, -0.05) is 40.0 Å². The zero-order valence-corrected chi connectivity index (χ0v) is 31.9. The van der Waals surface area contributed by atoms with Crippen LogP contribution in [-0.4, -0.2) is 74.5 Å². The first-order valence-electron chi connectivity index (χ1n) is 20.7. The number of hydrogen-bond donors (Lipinski definition) is 2. The number of esters is 4. The Morgan fingerprint density at radius 3 is 1.78 bits per heavy atom. The van der Waals surface area contributed by atoms with Gasteiger partial charge in [0.05, 0.1) is 26.1 Å². The van der Waals surface area contributed by atoms with Crippen LogP contribution in [0.25, 0.3) is 0 Å². The maximum absolute atomic E-state index is 13.4. The Bertz CT molecular complexity index is 1130. The number of hydrogen-bond acceptors (Lipinski definition) is 10. The molecule has 0 radical (unpaired) electrons. The summed E-state index contributed by atoms with van der Waals surface area (Å²) in [6, 6.07) is -1.40. The Balaban J connectivity index is 1.02. The lowest BCUT2D eigenvalue weighted by molar-refractivity contribution is -0.158. The monoisotopic (exact) mass is 716 g/mol. The minimum atomic E-state index is -0.714. The Morgan fingerprint density at radius 1 is 0.647 bits per heavy atom. The van der Waals surface area contributed by atoms with Crippen LogP contribution in [-0.2, 0) is 38.1 Å². The summed E-state index contributed by atoms with van der Waals surface area (Å²) in [6.07, 6.45) is 18.7. The number of rotatable bonds is 18. The molecule has 5 rings (SSSR count). The second-order valence-electron chi connectivity index (χ2n) is 17.6. The van der Waals surface area contributed by atoms with Crippen molar-refractivity contribution in [2.45, 2.75) is 173 Å². The van der Waals surface area contributed by atoms with Gasteiger partial charge in [0.15, 0.2) is 0 Å². The molecule has 0 aromatic carbocycles. The van der Waals surface area contributed by atoms with Crippen molar-refractivity contribution in [3.8, 4) is 0 Å². The molecule has 2 bridgehead atoms. The van der Waals surface area contributed by atoms with Crippen molar-refractivity contribution >= 4 is 23.9 Å². The molecule has 0 saturated heterocycles. The molecule has 0 spiro atoms. The Morgan fingerprint density at radius 2 is 1.22 bits per heavy atom. The Hall–Kier alpha value is -2.20. The van der Waals surface area contributed by atoms with E-state index in [2.05, 4.69) is 31.4 Å². The summed E-state index contributed by atoms with van der Waals surface area (Å²) in [5, 5.41) is 6.70. The van der Waals surface area contributed by atoms with E-state index in [1.54, 1.807) is 0 Å². The van der Waals surface area contributed by atoms with E-state index in [9.17, 15) is 19.2 Å². The number of ether oxygens (including phenoxy) is 4. The van der Waals surface area contributed by atoms with Gasteiger partial charge in [0.2, 0.25) is 0 Å². The van der Waals surface area contributed by atoms with E-state index in [0.29, 0.717) is 31.6 Å². The summed E-state index contributed by atoms with van der Waals surface area (Å²) in [6.45, 7) is 8.44. The molecular formula is C41H68N2O8. The van der Waals surface area contributed by atoms with Crippen molar-refractivity contribution in [3.63, 3.8) is 0 Å². The number of fused-ring (bicyclic) bond motifs is 2. The minimum absolute atomic E-state index is 0.0127. The molecule has 0 aliphatic heterocycles. The van der Waals surface area contributed by atoms with Gasteiger partial charge < -0.3 is 29.6 Å². The molecular weight excluding hydrogens is 648 g/mol. The van der Waals surface area contributed by atoms with Gasteiger partial charge in [-0.15, -0.1) is 0 Å². The third kappa shape index (κ3) is 12.7. The molecule has 5 unspecified atom stereocenters. The molecule has 5 saturated carbocycles. The molecule has 0 heterocycles. The lowest BCUT2D eigenvalue weighted by Gasteiger charge is -2.35. The highest BCUT2D eigenvalue weighted by Crippen LogP contribution is 2.55. The predicted octanol–water partition coefficient (Wildman–Crippen LogP) is 6.81. The highest BCUT2D eigenvalue weighted by atomic mass is 16.6. The van der Waals surface area contributed by atoms with Crippen LogP contribution >= 0.6 is 0 Å². The summed E-state index contributed by atoms with van der Waals surface area (Å²) < 4.78 is 23.1. The SMILES string of the molecule is CC(C)CNC(CC(=O)OC1CCCCC1)C(=O)OCC1CCC(COC(=O)CC(NCC2(C)CC3CCC2C3)C(=O)OC2CCCCC2)CC1. The van der Waals surface area contributed by atoms with E-state index in [4.69, 9.17) is 18.9 Å². The van der Waals surface area contributed by atoms with Crippen molar-refractivity contribution in [1.82, 2.24) is 10.6 Å². The first-order chi connectivity index (χ1) is 24.6. The topological polar surface area (TPSA) is 129 Å². The van der Waals surface area contributed by atoms with Gasteiger partial charge >= 0.3 is 23.9 Å². The van der Waals surface area contributed by atoms with E-state index < -0.39 is 18.1 Å². The van der Waals surface area contributed by atoms with Crippen molar-refractivity contribution in [2.24, 2.45) is 35.0 Å². The van der Waals surface area contributed by atoms with Gasteiger partial charge in [-0.25, -0.2) is 0 Å². The highest BCUT2D eigenvalue weighted by molar-refractivity contribution is 5.83. The van der Waals surface area contributed by atoms with Crippen LogP contribution in [0.3, 0.4) is 0 Å². The third-order valence-electron chi connectivity index (χ3n) is 12.7. The average Bonchev–Trinajstić information content (AvgIpc) is 3.72. The molecule has 5 atom stereocenters. The van der Waals surface area contributed by atoms with Gasteiger partial charge in [0.1, 0.15) is 24.3 Å². The molecule has 5 fully saturated rings. The molecule has 10 nitrogen and oxygen atoms in total. The van der Waals surface area contributed by atoms with Crippen LogP contribution in [0.5, 0.6) is 0 Å². The highest BCUT2D eigenvalue weighted by Gasteiger charge is 2.48. The fraction of sp³-hybridized carbons (Fsp3) is 0.902. The van der Waals surface area contributed by atoms with E-state index in [0.717, 1.165) is 89.5 Å². The third-order valence-corrected chi connectivity index (χ3v) is 12.7. The predicted molar refractivity (Wildman–Crippen MR) is 195 cm³/mol. The second kappa shape index (κ2) is 19.8. The zero-order chi connectivity index (χ0) is 36.2. The van der Waals surface area contributed by atoms with E-state index in [1.165, 1.54) is 38.5 Å². The number of nitrogens with one attached hydrogen (secondary N) is 2. The lowest BCUT2D eigenvalue weighted by Crippen LogP contribution is -2.47. The summed E-state index contributed by atoms with van der Waals surface area (Å²) in [5.74, 6) is 0.875. The summed E-state index contributed by atoms with van der Waals surface area (Å²) >= 11 is 0. The number of carbonyl (C=O) groups excluding carboxylic acids is 4. The van der Waals surface area contributed by atoms with Crippen LogP contribution in [0, 0.1) is 35.0 Å². The number of carbonyl (C=O) groups is 4. The minimum Gasteiger partial charge on any atom is -0.465 e. The molecule has 0 amide bonds. The van der Waals surface area contributed by atoms with Crippen molar-refractivity contribution in [3.05, 3.63) is 0 Å². The summed E-state index contributed by atoms with van der Waals surface area (Å²) in [4.78, 5) is 52.3. The van der Waals surface area contributed by atoms with Gasteiger partial charge in [0, 0.05) is 6.54 Å². The first kappa shape index (κ1) is 40.0. The maximum atomic E-state index is 13.4. The average molecular weight is 717 g/mol. The molecule has 290 valence electrons. The molecule has 10 heteroatoms. The van der Waals surface area contributed by atoms with E-state index in [-0.39, 0.29) is 60.2 Å². The zero-order valence-electron chi connectivity index (χ0n) is 31.9. The second-order valence-corrected chi connectivity index (χ2v) is 17.6. The molecule has 5 aliphatic carbocycles. The van der Waals surface area contributed by atoms with E-state index >= 15 is 0 Å². The fourth-order valence-corrected chi connectivity index (χ4v) is 9.46. The first-order valence-corrected chi connectivity index (χ1v) is 20.7.